The van der Waals surface area contributed by atoms with Gasteiger partial charge in [0.1, 0.15) is 35.9 Å². The highest BCUT2D eigenvalue weighted by Gasteiger charge is 2.52. The number of aliphatic carboxylic acids is 2. The normalized spacial score (nSPS) is 22.9. The van der Waals surface area contributed by atoms with Crippen molar-refractivity contribution in [3.63, 3.8) is 0 Å². The summed E-state index contributed by atoms with van der Waals surface area (Å²) in [4.78, 5) is 48.3. The second-order valence-corrected chi connectivity index (χ2v) is 24.5. The van der Waals surface area contributed by atoms with Gasteiger partial charge in [-0.3, -0.25) is 9.59 Å². The van der Waals surface area contributed by atoms with Crippen LogP contribution in [0.1, 0.15) is 70.5 Å². The van der Waals surface area contributed by atoms with Crippen LogP contribution in [-0.2, 0) is 65.2 Å². The fourth-order valence-corrected chi connectivity index (χ4v) is 13.8. The second-order valence-electron chi connectivity index (χ2n) is 22.4. The number of benzene rings is 4. The smallest absolute Gasteiger partial charge is 0.430 e. The second kappa shape index (κ2) is 29.6. The molecule has 2 N–H and O–H groups in total. The van der Waals surface area contributed by atoms with Gasteiger partial charge in [0.2, 0.25) is 0 Å². The summed E-state index contributed by atoms with van der Waals surface area (Å²) in [5.74, 6) is -5.73. The molecule has 0 spiro atoms. The number of esters is 2. The average Bonchev–Trinajstić information content (AvgIpc) is 3.18. The molecule has 20 heteroatoms. The minimum Gasteiger partial charge on any atom is -0.542 e. The number of aryl methyl sites for hydroxylation is 2. The lowest BCUT2D eigenvalue weighted by Crippen LogP contribution is -2.65. The quantitative estimate of drug-likeness (QED) is 0.0428. The van der Waals surface area contributed by atoms with Gasteiger partial charge >= 0.3 is 24.3 Å². The Morgan fingerprint density at radius 1 is 0.488 bits per heavy atom. The number of carbonyl (C=O) groups excluding carboxylic acids is 4. The molecule has 4 aromatic carbocycles. The SMILES string of the molecule is O=C(O[C@H]1C[N+]2(CCCc3cccs3)CCC1CC2)C(CO)(Cc1ccccc1)c1ccccc1.O=C(O[C@H]1C[N+]2(CCCc3cccs3)CCC1CC2)C(CO)(Cc1ccccc1)c1ccccc1.O=C([O-])C(F)(F)F.O=C([O-])C(F)(F)F. The number of nitrogens with zero attached hydrogens (tertiary/aromatic N) is 2. The molecular formula is C64H72F6N2O10S2. The van der Waals surface area contributed by atoms with Crippen LogP contribution in [0.25, 0.3) is 0 Å². The zero-order valence-electron chi connectivity index (χ0n) is 46.6. The van der Waals surface area contributed by atoms with Gasteiger partial charge < -0.3 is 48.5 Å². The van der Waals surface area contributed by atoms with Crippen molar-refractivity contribution in [1.29, 1.82) is 0 Å². The highest BCUT2D eigenvalue weighted by molar-refractivity contribution is 7.10. The van der Waals surface area contributed by atoms with Crippen LogP contribution in [0.2, 0.25) is 0 Å². The van der Waals surface area contributed by atoms with E-state index in [1.54, 1.807) is 0 Å². The van der Waals surface area contributed by atoms with Crippen molar-refractivity contribution in [2.24, 2.45) is 11.8 Å². The van der Waals surface area contributed by atoms with Gasteiger partial charge in [-0.2, -0.15) is 26.3 Å². The maximum absolute atomic E-state index is 13.9. The van der Waals surface area contributed by atoms with Crippen LogP contribution in [0.3, 0.4) is 0 Å². The number of hydrogen-bond acceptors (Lipinski definition) is 12. The summed E-state index contributed by atoms with van der Waals surface area (Å²) in [6.07, 6.45) is -0.616. The van der Waals surface area contributed by atoms with Gasteiger partial charge in [0.05, 0.1) is 52.5 Å². The number of rotatable bonds is 20. The number of carboxylic acid groups (broad SMARTS) is 2. The number of fused-ring (bicyclic) bond motifs is 6. The lowest BCUT2D eigenvalue weighted by atomic mass is 9.75. The molecule has 0 saturated carbocycles. The van der Waals surface area contributed by atoms with Crippen LogP contribution in [0, 0.1) is 11.8 Å². The van der Waals surface area contributed by atoms with Crippen LogP contribution < -0.4 is 10.2 Å². The Morgan fingerprint density at radius 2 is 0.798 bits per heavy atom. The van der Waals surface area contributed by atoms with E-state index in [0.29, 0.717) is 24.7 Å². The number of carbonyl (C=O) groups is 4. The first-order valence-electron chi connectivity index (χ1n) is 28.3. The van der Waals surface area contributed by atoms with Crippen molar-refractivity contribution in [3.05, 3.63) is 188 Å². The Balaban J connectivity index is 0.000000197. The van der Waals surface area contributed by atoms with E-state index in [1.165, 1.54) is 48.8 Å². The maximum atomic E-state index is 13.9. The summed E-state index contributed by atoms with van der Waals surface area (Å²) in [7, 11) is 0. The summed E-state index contributed by atoms with van der Waals surface area (Å²) in [6, 6.07) is 48.0. The Hall–Kier alpha value is -6.42. The first-order valence-corrected chi connectivity index (χ1v) is 30.0. The summed E-state index contributed by atoms with van der Waals surface area (Å²) in [5.41, 5.74) is 1.48. The number of quaternary nitrogens is 2. The summed E-state index contributed by atoms with van der Waals surface area (Å²) in [6.45, 7) is 8.32. The zero-order valence-corrected chi connectivity index (χ0v) is 48.2. The molecule has 84 heavy (non-hydrogen) atoms. The van der Waals surface area contributed by atoms with E-state index in [1.807, 2.05) is 144 Å². The molecule has 6 fully saturated rings. The molecule has 4 atom stereocenters. The minimum atomic E-state index is -5.19. The topological polar surface area (TPSA) is 173 Å². The molecule has 2 aromatic heterocycles. The van der Waals surface area contributed by atoms with E-state index in [4.69, 9.17) is 29.3 Å². The molecule has 2 unspecified atom stereocenters. The van der Waals surface area contributed by atoms with Gasteiger partial charge in [-0.1, -0.05) is 133 Å². The highest BCUT2D eigenvalue weighted by Crippen LogP contribution is 2.41. The van der Waals surface area contributed by atoms with E-state index in [2.05, 4.69) is 35.0 Å². The largest absolute Gasteiger partial charge is 0.542 e. The first kappa shape index (κ1) is 65.1. The lowest BCUT2D eigenvalue weighted by Gasteiger charge is -2.52. The van der Waals surface area contributed by atoms with Gasteiger partial charge in [0, 0.05) is 60.1 Å². The third kappa shape index (κ3) is 17.4. The standard InChI is InChI=1S/2C30H36NO3S.2C2HF3O2/c2*32-23-30(26-11-5-2-6-12-26,21-24-9-3-1-4-10-24)29(33)34-28-22-31(18-15-25(28)16-19-31)17-7-13-27-14-8-20-35-27;2*3-2(4,5)1(6)7/h2*1-6,8-12,14,20,25,28,32H,7,13,15-19,21-23H2;2*(H,6,7)/q2*+1;;/p-2/t2*25?,28-,30?,31?;;/m00../s1. The monoisotopic (exact) mass is 1210 g/mol. The number of piperidine rings is 6. The molecule has 0 amide bonds. The molecule has 4 bridgehead atoms. The molecular weight excluding hydrogens is 1130 g/mol. The molecule has 0 radical (unpaired) electrons. The number of alkyl halides is 6. The van der Waals surface area contributed by atoms with E-state index >= 15 is 0 Å². The van der Waals surface area contributed by atoms with Crippen LogP contribution >= 0.6 is 22.7 Å². The molecule has 6 aliphatic rings. The fourth-order valence-electron chi connectivity index (χ4n) is 12.3. The molecule has 6 saturated heterocycles. The van der Waals surface area contributed by atoms with E-state index < -0.39 is 35.1 Å². The minimum absolute atomic E-state index is 0.0721. The number of ether oxygens (including phenoxy) is 2. The number of carboxylic acids is 2. The Labute approximate surface area is 494 Å². The molecule has 6 aliphatic heterocycles. The Kier molecular flexibility index (Phi) is 22.9. The van der Waals surface area contributed by atoms with Crippen molar-refractivity contribution in [1.82, 2.24) is 0 Å². The third-order valence-corrected chi connectivity index (χ3v) is 18.9. The van der Waals surface area contributed by atoms with Crippen molar-refractivity contribution in [2.75, 3.05) is 65.6 Å². The third-order valence-electron chi connectivity index (χ3n) is 17.0. The van der Waals surface area contributed by atoms with E-state index in [-0.39, 0.29) is 37.4 Å². The van der Waals surface area contributed by atoms with Crippen LogP contribution in [0.4, 0.5) is 26.3 Å². The fraction of sp³-hybridized carbons (Fsp3) is 0.438. The molecule has 6 aromatic rings. The predicted octanol–water partition coefficient (Wildman–Crippen LogP) is 8.61. The van der Waals surface area contributed by atoms with Crippen LogP contribution in [-0.4, -0.2) is 133 Å². The maximum Gasteiger partial charge on any atom is 0.430 e. The molecule has 452 valence electrons. The number of aliphatic hydroxyl groups excluding tert-OH is 2. The van der Waals surface area contributed by atoms with Gasteiger partial charge in [-0.05, 0) is 70.8 Å². The van der Waals surface area contributed by atoms with Gasteiger partial charge in [0.25, 0.3) is 0 Å². The average molecular weight is 1210 g/mol. The summed E-state index contributed by atoms with van der Waals surface area (Å²) >= 11 is 3.68. The summed E-state index contributed by atoms with van der Waals surface area (Å²) < 4.78 is 78.0. The number of hydrogen-bond donors (Lipinski definition) is 2. The predicted molar refractivity (Wildman–Crippen MR) is 303 cm³/mol. The highest BCUT2D eigenvalue weighted by atomic mass is 32.1. The zero-order chi connectivity index (χ0) is 60.4. The van der Waals surface area contributed by atoms with E-state index in [9.17, 15) is 46.1 Å². The molecule has 12 nitrogen and oxygen atoms in total. The van der Waals surface area contributed by atoms with Crippen molar-refractivity contribution < 1.29 is 84.4 Å². The van der Waals surface area contributed by atoms with Gasteiger partial charge in [0.15, 0.2) is 12.2 Å². The van der Waals surface area contributed by atoms with Gasteiger partial charge in [-0.15, -0.1) is 22.7 Å². The van der Waals surface area contributed by atoms with Crippen LogP contribution in [0.5, 0.6) is 0 Å². The Morgan fingerprint density at radius 3 is 1.07 bits per heavy atom. The van der Waals surface area contributed by atoms with Crippen molar-refractivity contribution in [3.8, 4) is 0 Å². The van der Waals surface area contributed by atoms with E-state index in [0.717, 1.165) is 95.9 Å². The van der Waals surface area contributed by atoms with Crippen LogP contribution in [0.15, 0.2) is 156 Å². The molecule has 12 rings (SSSR count). The molecule has 0 aliphatic carbocycles. The lowest BCUT2D eigenvalue weighted by molar-refractivity contribution is -0.946. The van der Waals surface area contributed by atoms with Gasteiger partial charge in [-0.25, -0.2) is 0 Å². The molecule has 8 heterocycles. The van der Waals surface area contributed by atoms with Crippen molar-refractivity contribution >= 4 is 46.6 Å². The number of aliphatic hydroxyl groups is 2. The number of halogens is 6. The Bertz CT molecular complexity index is 2760. The first-order chi connectivity index (χ1) is 40.1. The number of thiophene rings is 2. The summed E-state index contributed by atoms with van der Waals surface area (Å²) in [5, 5.41) is 43.2. The van der Waals surface area contributed by atoms with Crippen molar-refractivity contribution in [2.45, 2.75) is 99.6 Å².